The van der Waals surface area contributed by atoms with Gasteiger partial charge in [-0.15, -0.1) is 12.6 Å². The van der Waals surface area contributed by atoms with E-state index in [4.69, 9.17) is 11.5 Å². The number of anilines is 2. The third kappa shape index (κ3) is 4.87. The van der Waals surface area contributed by atoms with Crippen LogP contribution in [0.3, 0.4) is 0 Å². The van der Waals surface area contributed by atoms with E-state index >= 15 is 0 Å². The lowest BCUT2D eigenvalue weighted by Crippen LogP contribution is -1.90. The van der Waals surface area contributed by atoms with Crippen molar-refractivity contribution in [3.63, 3.8) is 0 Å². The fourth-order valence-electron chi connectivity index (χ4n) is 0.785. The highest BCUT2D eigenvalue weighted by atomic mass is 32.1. The molecule has 0 aliphatic rings. The van der Waals surface area contributed by atoms with E-state index in [2.05, 4.69) is 22.6 Å². The highest BCUT2D eigenvalue weighted by Crippen LogP contribution is 2.07. The molecule has 4 N–H and O–H groups in total. The van der Waals surface area contributed by atoms with Crippen LogP contribution in [-0.2, 0) is 0 Å². The van der Waals surface area contributed by atoms with Gasteiger partial charge >= 0.3 is 0 Å². The maximum Gasteiger partial charge on any atom is 0.219 e. The lowest BCUT2D eigenvalue weighted by Gasteiger charge is -1.89. The first-order valence-corrected chi connectivity index (χ1v) is 4.70. The molecular formula is C10H12N4S. The highest BCUT2D eigenvalue weighted by Gasteiger charge is 1.81. The van der Waals surface area contributed by atoms with Crippen molar-refractivity contribution in [1.29, 1.82) is 0 Å². The molecule has 78 valence electrons. The van der Waals surface area contributed by atoms with Crippen molar-refractivity contribution in [2.24, 2.45) is 0 Å². The third-order valence-electron chi connectivity index (χ3n) is 1.48. The number of thiol groups is 1. The van der Waals surface area contributed by atoms with Crippen LogP contribution in [0.2, 0.25) is 0 Å². The molecule has 1 aromatic heterocycles. The lowest BCUT2D eigenvalue weighted by molar-refractivity contribution is 1.19. The number of nitrogens with zero attached hydrogens (tertiary/aromatic N) is 2. The third-order valence-corrected chi connectivity index (χ3v) is 1.78. The minimum Gasteiger partial charge on any atom is -0.399 e. The topological polar surface area (TPSA) is 77.8 Å². The Morgan fingerprint density at radius 3 is 1.80 bits per heavy atom. The van der Waals surface area contributed by atoms with Gasteiger partial charge in [0.25, 0.3) is 0 Å². The summed E-state index contributed by atoms with van der Waals surface area (Å²) in [4.78, 5) is 8.24. The fourth-order valence-corrected chi connectivity index (χ4v) is 0.934. The molecule has 0 saturated heterocycles. The van der Waals surface area contributed by atoms with Crippen LogP contribution in [0, 0.1) is 0 Å². The second-order valence-electron chi connectivity index (χ2n) is 2.70. The summed E-state index contributed by atoms with van der Waals surface area (Å²) in [6.45, 7) is 0. The van der Waals surface area contributed by atoms with Gasteiger partial charge in [0.15, 0.2) is 0 Å². The normalized spacial score (nSPS) is 8.87. The van der Waals surface area contributed by atoms with Gasteiger partial charge < -0.3 is 11.5 Å². The van der Waals surface area contributed by atoms with Crippen LogP contribution in [0.25, 0.3) is 0 Å². The van der Waals surface area contributed by atoms with Crippen molar-refractivity contribution < 1.29 is 0 Å². The molecule has 2 aromatic rings. The summed E-state index contributed by atoms with van der Waals surface area (Å²) in [5.41, 5.74) is 11.3. The highest BCUT2D eigenvalue weighted by molar-refractivity contribution is 7.80. The average molecular weight is 220 g/mol. The maximum atomic E-state index is 5.39. The second kappa shape index (κ2) is 5.87. The van der Waals surface area contributed by atoms with Crippen LogP contribution in [0.15, 0.2) is 47.6 Å². The molecule has 0 aliphatic carbocycles. The Kier molecular flexibility index (Phi) is 4.43. The molecule has 5 heteroatoms. The molecule has 0 bridgehead atoms. The van der Waals surface area contributed by atoms with E-state index in [1.807, 2.05) is 24.3 Å². The van der Waals surface area contributed by atoms with E-state index in [0.29, 0.717) is 5.95 Å². The second-order valence-corrected chi connectivity index (χ2v) is 3.21. The van der Waals surface area contributed by atoms with E-state index < -0.39 is 0 Å². The summed E-state index contributed by atoms with van der Waals surface area (Å²) in [7, 11) is 0. The molecule has 1 heterocycles. The monoisotopic (exact) mass is 220 g/mol. The lowest BCUT2D eigenvalue weighted by atomic mass is 10.3. The van der Waals surface area contributed by atoms with E-state index in [9.17, 15) is 0 Å². The molecule has 2 rings (SSSR count). The molecule has 0 atom stereocenters. The van der Waals surface area contributed by atoms with Crippen molar-refractivity contribution >= 4 is 24.3 Å². The van der Waals surface area contributed by atoms with Gasteiger partial charge in [-0.3, -0.25) is 0 Å². The summed E-state index contributed by atoms with van der Waals surface area (Å²) in [5, 5.41) is 0. The first kappa shape index (κ1) is 11.3. The molecule has 0 fully saturated rings. The molecule has 15 heavy (non-hydrogen) atoms. The van der Waals surface area contributed by atoms with Gasteiger partial charge in [0.2, 0.25) is 5.95 Å². The fraction of sp³-hybridized carbons (Fsp3) is 0. The van der Waals surface area contributed by atoms with Gasteiger partial charge in [-0.05, 0) is 30.3 Å². The zero-order chi connectivity index (χ0) is 11.1. The zero-order valence-electron chi connectivity index (χ0n) is 8.04. The Morgan fingerprint density at radius 1 is 0.933 bits per heavy atom. The summed E-state index contributed by atoms with van der Waals surface area (Å²) < 4.78 is 0. The Hall–Kier alpha value is -1.75. The number of aromatic nitrogens is 2. The Morgan fingerprint density at radius 2 is 1.47 bits per heavy atom. The van der Waals surface area contributed by atoms with Crippen LogP contribution in [0.1, 0.15) is 0 Å². The van der Waals surface area contributed by atoms with E-state index in [0.717, 1.165) is 10.6 Å². The molecule has 1 aromatic carbocycles. The molecule has 0 unspecified atom stereocenters. The van der Waals surface area contributed by atoms with Crippen molar-refractivity contribution in [1.82, 2.24) is 9.97 Å². The van der Waals surface area contributed by atoms with Gasteiger partial charge in [0, 0.05) is 23.0 Å². The Balaban J connectivity index is 0.000000151. The van der Waals surface area contributed by atoms with Crippen LogP contribution in [-0.4, -0.2) is 9.97 Å². The van der Waals surface area contributed by atoms with Crippen molar-refractivity contribution in [2.75, 3.05) is 11.5 Å². The first-order chi connectivity index (χ1) is 7.18. The van der Waals surface area contributed by atoms with Crippen molar-refractivity contribution in [3.05, 3.63) is 42.7 Å². The van der Waals surface area contributed by atoms with E-state index in [-0.39, 0.29) is 0 Å². The van der Waals surface area contributed by atoms with Gasteiger partial charge in [0.1, 0.15) is 0 Å². The van der Waals surface area contributed by atoms with Crippen molar-refractivity contribution in [3.8, 4) is 0 Å². The van der Waals surface area contributed by atoms with Crippen molar-refractivity contribution in [2.45, 2.75) is 4.90 Å². The predicted molar refractivity (Wildman–Crippen MR) is 64.6 cm³/mol. The quantitative estimate of drug-likeness (QED) is 0.465. The van der Waals surface area contributed by atoms with Crippen LogP contribution in [0.4, 0.5) is 11.6 Å². The SMILES string of the molecule is Nc1ccc(S)cc1.Nc1ncccn1. The maximum absolute atomic E-state index is 5.39. The number of hydrogen-bond acceptors (Lipinski definition) is 5. The Bertz CT molecular complexity index is 367. The molecule has 0 radical (unpaired) electrons. The smallest absolute Gasteiger partial charge is 0.219 e. The molecule has 0 spiro atoms. The van der Waals surface area contributed by atoms with Gasteiger partial charge in [-0.1, -0.05) is 0 Å². The molecule has 0 saturated carbocycles. The summed E-state index contributed by atoms with van der Waals surface area (Å²) >= 11 is 4.08. The standard InChI is InChI=1S/C6H7NS.C4H5N3/c7-5-1-3-6(8)4-2-5;5-4-6-2-1-3-7-4/h1-4,8H,7H2;1-3H,(H2,5,6,7). The number of benzene rings is 1. The Labute approximate surface area is 93.8 Å². The number of hydrogen-bond donors (Lipinski definition) is 3. The van der Waals surface area contributed by atoms with E-state index in [1.54, 1.807) is 18.5 Å². The van der Waals surface area contributed by atoms with Gasteiger partial charge in [0.05, 0.1) is 0 Å². The summed E-state index contributed by atoms with van der Waals surface area (Å²) in [5.74, 6) is 0.322. The summed E-state index contributed by atoms with van der Waals surface area (Å²) in [6.07, 6.45) is 3.20. The zero-order valence-corrected chi connectivity index (χ0v) is 8.93. The predicted octanol–water partition coefficient (Wildman–Crippen LogP) is 1.62. The van der Waals surface area contributed by atoms with Gasteiger partial charge in [-0.25, -0.2) is 9.97 Å². The molecule has 0 aliphatic heterocycles. The molecule has 4 nitrogen and oxygen atoms in total. The minimum absolute atomic E-state index is 0.322. The van der Waals surface area contributed by atoms with Gasteiger partial charge in [-0.2, -0.15) is 0 Å². The average Bonchev–Trinajstić information content (AvgIpc) is 2.25. The number of nitrogens with two attached hydrogens (primary N) is 2. The molecular weight excluding hydrogens is 208 g/mol. The largest absolute Gasteiger partial charge is 0.399 e. The van der Waals surface area contributed by atoms with Crippen LogP contribution in [0.5, 0.6) is 0 Å². The van der Waals surface area contributed by atoms with E-state index in [1.165, 1.54) is 0 Å². The first-order valence-electron chi connectivity index (χ1n) is 4.25. The van der Waals surface area contributed by atoms with Crippen LogP contribution < -0.4 is 11.5 Å². The number of nitrogen functional groups attached to an aromatic ring is 2. The number of rotatable bonds is 0. The minimum atomic E-state index is 0.322. The molecule has 0 amide bonds. The summed E-state index contributed by atoms with van der Waals surface area (Å²) in [6, 6.07) is 9.08. The van der Waals surface area contributed by atoms with Crippen LogP contribution >= 0.6 is 12.6 Å².